The highest BCUT2D eigenvalue weighted by atomic mass is 32.1. The first-order valence-electron chi connectivity index (χ1n) is 4.37. The summed E-state index contributed by atoms with van der Waals surface area (Å²) in [6, 6.07) is 3.94. The second-order valence-electron chi connectivity index (χ2n) is 3.23. The Hall–Kier alpha value is -1.42. The third-order valence-corrected chi connectivity index (χ3v) is 3.11. The summed E-state index contributed by atoms with van der Waals surface area (Å²) in [6.07, 6.45) is 0. The van der Waals surface area contributed by atoms with Gasteiger partial charge in [-0.2, -0.15) is 0 Å². The van der Waals surface area contributed by atoms with E-state index in [1.54, 1.807) is 11.3 Å². The zero-order valence-corrected chi connectivity index (χ0v) is 8.68. The molecule has 0 spiro atoms. The van der Waals surface area contributed by atoms with Gasteiger partial charge in [-0.15, -0.1) is 11.3 Å². The summed E-state index contributed by atoms with van der Waals surface area (Å²) in [7, 11) is 0. The molecule has 3 aromatic rings. The summed E-state index contributed by atoms with van der Waals surface area (Å²) in [5.74, 6) is 0.707. The third-order valence-electron chi connectivity index (χ3n) is 2.13. The van der Waals surface area contributed by atoms with Gasteiger partial charge in [-0.1, -0.05) is 0 Å². The maximum Gasteiger partial charge on any atom is 0.192 e. The fourth-order valence-electron chi connectivity index (χ4n) is 1.60. The molecule has 0 aliphatic carbocycles. The first-order chi connectivity index (χ1) is 6.74. The minimum Gasteiger partial charge on any atom is -0.439 e. The zero-order valence-electron chi connectivity index (χ0n) is 7.87. The molecule has 14 heavy (non-hydrogen) atoms. The van der Waals surface area contributed by atoms with Crippen LogP contribution in [0.25, 0.3) is 21.3 Å². The number of thiazole rings is 1. The van der Waals surface area contributed by atoms with Crippen molar-refractivity contribution in [3.05, 3.63) is 23.0 Å². The maximum absolute atomic E-state index is 5.55. The van der Waals surface area contributed by atoms with Crippen molar-refractivity contribution in [3.8, 4) is 0 Å². The molecule has 0 aliphatic rings. The minimum absolute atomic E-state index is 0.707. The number of benzene rings is 1. The Balaban J connectivity index is 2.58. The smallest absolute Gasteiger partial charge is 0.192 e. The predicted molar refractivity (Wildman–Crippen MR) is 56.7 cm³/mol. The summed E-state index contributed by atoms with van der Waals surface area (Å²) in [6.45, 7) is 3.86. The summed E-state index contributed by atoms with van der Waals surface area (Å²) in [4.78, 5) is 8.69. The Morgan fingerprint density at radius 1 is 1.14 bits per heavy atom. The molecular weight excluding hydrogens is 196 g/mol. The SMILES string of the molecule is Cc1nc2ccc3nc(C)sc3c2o1. The lowest BCUT2D eigenvalue weighted by Crippen LogP contribution is -1.70. The molecule has 2 aromatic heterocycles. The number of hydrogen-bond acceptors (Lipinski definition) is 4. The minimum atomic E-state index is 0.707. The van der Waals surface area contributed by atoms with Crippen LogP contribution >= 0.6 is 11.3 Å². The molecule has 0 saturated carbocycles. The lowest BCUT2D eigenvalue weighted by molar-refractivity contribution is 0.564. The van der Waals surface area contributed by atoms with Crippen molar-refractivity contribution in [2.24, 2.45) is 0 Å². The van der Waals surface area contributed by atoms with E-state index in [0.29, 0.717) is 5.89 Å². The van der Waals surface area contributed by atoms with Gasteiger partial charge in [0.15, 0.2) is 11.5 Å². The van der Waals surface area contributed by atoms with Crippen LogP contribution in [0.15, 0.2) is 16.5 Å². The van der Waals surface area contributed by atoms with Crippen molar-refractivity contribution >= 4 is 32.7 Å². The van der Waals surface area contributed by atoms with Crippen LogP contribution in [0.3, 0.4) is 0 Å². The number of aromatic nitrogens is 2. The number of nitrogens with zero attached hydrogens (tertiary/aromatic N) is 2. The van der Waals surface area contributed by atoms with Crippen molar-refractivity contribution in [1.82, 2.24) is 9.97 Å². The average molecular weight is 204 g/mol. The van der Waals surface area contributed by atoms with E-state index in [1.165, 1.54) is 0 Å². The van der Waals surface area contributed by atoms with E-state index < -0.39 is 0 Å². The van der Waals surface area contributed by atoms with Crippen molar-refractivity contribution in [3.63, 3.8) is 0 Å². The number of oxazole rings is 1. The molecule has 0 aliphatic heterocycles. The van der Waals surface area contributed by atoms with E-state index >= 15 is 0 Å². The van der Waals surface area contributed by atoms with Crippen molar-refractivity contribution in [2.45, 2.75) is 13.8 Å². The van der Waals surface area contributed by atoms with Gasteiger partial charge >= 0.3 is 0 Å². The van der Waals surface area contributed by atoms with Crippen molar-refractivity contribution < 1.29 is 4.42 Å². The Morgan fingerprint density at radius 2 is 1.93 bits per heavy atom. The van der Waals surface area contributed by atoms with Gasteiger partial charge in [0.05, 0.1) is 15.2 Å². The third kappa shape index (κ3) is 0.974. The first-order valence-corrected chi connectivity index (χ1v) is 5.19. The molecule has 4 heteroatoms. The van der Waals surface area contributed by atoms with E-state index in [4.69, 9.17) is 4.42 Å². The van der Waals surface area contributed by atoms with Gasteiger partial charge in [0.25, 0.3) is 0 Å². The van der Waals surface area contributed by atoms with Crippen LogP contribution in [0.4, 0.5) is 0 Å². The largest absolute Gasteiger partial charge is 0.439 e. The first kappa shape index (κ1) is 7.94. The zero-order chi connectivity index (χ0) is 9.71. The predicted octanol–water partition coefficient (Wildman–Crippen LogP) is 3.05. The molecule has 0 N–H and O–H groups in total. The highest BCUT2D eigenvalue weighted by Gasteiger charge is 2.09. The Bertz CT molecular complexity index is 568. The fraction of sp³-hybridized carbons (Fsp3) is 0.200. The summed E-state index contributed by atoms with van der Waals surface area (Å²) >= 11 is 1.65. The molecule has 3 nitrogen and oxygen atoms in total. The monoisotopic (exact) mass is 204 g/mol. The van der Waals surface area contributed by atoms with Crippen LogP contribution in [0.2, 0.25) is 0 Å². The van der Waals surface area contributed by atoms with Crippen LogP contribution in [0.5, 0.6) is 0 Å². The highest BCUT2D eigenvalue weighted by molar-refractivity contribution is 7.19. The van der Waals surface area contributed by atoms with Crippen LogP contribution in [-0.2, 0) is 0 Å². The Morgan fingerprint density at radius 3 is 2.79 bits per heavy atom. The van der Waals surface area contributed by atoms with E-state index in [1.807, 2.05) is 26.0 Å². The molecule has 0 bridgehead atoms. The highest BCUT2D eigenvalue weighted by Crippen LogP contribution is 2.30. The van der Waals surface area contributed by atoms with Gasteiger partial charge in [0.2, 0.25) is 0 Å². The summed E-state index contributed by atoms with van der Waals surface area (Å²) < 4.78 is 6.65. The van der Waals surface area contributed by atoms with E-state index in [-0.39, 0.29) is 0 Å². The second-order valence-corrected chi connectivity index (χ2v) is 4.43. The van der Waals surface area contributed by atoms with E-state index in [0.717, 1.165) is 26.3 Å². The molecule has 3 rings (SSSR count). The fourth-order valence-corrected chi connectivity index (χ4v) is 2.49. The number of fused-ring (bicyclic) bond motifs is 3. The molecular formula is C10H8N2OS. The number of rotatable bonds is 0. The summed E-state index contributed by atoms with van der Waals surface area (Å²) in [5, 5.41) is 1.06. The van der Waals surface area contributed by atoms with Gasteiger partial charge in [0.1, 0.15) is 5.52 Å². The molecule has 1 aromatic carbocycles. The molecule has 0 radical (unpaired) electrons. The van der Waals surface area contributed by atoms with Crippen LogP contribution in [0.1, 0.15) is 10.9 Å². The maximum atomic E-state index is 5.55. The standard InChI is InChI=1S/C10H8N2OS/c1-5-11-7-3-4-8-10(9(7)13-5)14-6(2)12-8/h3-4H,1-2H3. The molecule has 0 saturated heterocycles. The van der Waals surface area contributed by atoms with Crippen LogP contribution < -0.4 is 0 Å². The van der Waals surface area contributed by atoms with E-state index in [2.05, 4.69) is 9.97 Å². The molecule has 0 atom stereocenters. The Labute approximate surface area is 84.4 Å². The van der Waals surface area contributed by atoms with Gasteiger partial charge in [-0.25, -0.2) is 9.97 Å². The second kappa shape index (κ2) is 2.54. The van der Waals surface area contributed by atoms with Crippen molar-refractivity contribution in [1.29, 1.82) is 0 Å². The summed E-state index contributed by atoms with van der Waals surface area (Å²) in [5.41, 5.74) is 2.78. The normalized spacial score (nSPS) is 11.6. The molecule has 0 amide bonds. The van der Waals surface area contributed by atoms with Gasteiger partial charge in [-0.3, -0.25) is 0 Å². The topological polar surface area (TPSA) is 38.9 Å². The van der Waals surface area contributed by atoms with Crippen molar-refractivity contribution in [2.75, 3.05) is 0 Å². The molecule has 0 fully saturated rings. The lowest BCUT2D eigenvalue weighted by atomic mass is 10.3. The van der Waals surface area contributed by atoms with Gasteiger partial charge < -0.3 is 4.42 Å². The quantitative estimate of drug-likeness (QED) is 0.565. The number of aryl methyl sites for hydroxylation is 2. The molecule has 70 valence electrons. The average Bonchev–Trinajstić information content (AvgIpc) is 2.65. The van der Waals surface area contributed by atoms with Crippen LogP contribution in [0, 0.1) is 13.8 Å². The van der Waals surface area contributed by atoms with E-state index in [9.17, 15) is 0 Å². The number of hydrogen-bond donors (Lipinski definition) is 0. The molecule has 0 unspecified atom stereocenters. The Kier molecular flexibility index (Phi) is 1.44. The lowest BCUT2D eigenvalue weighted by Gasteiger charge is -1.86. The van der Waals surface area contributed by atoms with Crippen LogP contribution in [-0.4, -0.2) is 9.97 Å². The van der Waals surface area contributed by atoms with Gasteiger partial charge in [0, 0.05) is 6.92 Å². The van der Waals surface area contributed by atoms with Gasteiger partial charge in [-0.05, 0) is 19.1 Å². The molecule has 2 heterocycles.